The summed E-state index contributed by atoms with van der Waals surface area (Å²) in [5, 5.41) is 7.00. The van der Waals surface area contributed by atoms with E-state index in [0.29, 0.717) is 35.1 Å². The first kappa shape index (κ1) is 70.4. The van der Waals surface area contributed by atoms with E-state index in [2.05, 4.69) is 87.9 Å². The summed E-state index contributed by atoms with van der Waals surface area (Å²) in [6.45, 7) is 37.5. The second-order valence-corrected chi connectivity index (χ2v) is 26.4. The van der Waals surface area contributed by atoms with Crippen LogP contribution in [0.2, 0.25) is 0 Å². The molecule has 12 aliphatic rings. The zero-order chi connectivity index (χ0) is 61.9. The highest BCUT2D eigenvalue weighted by molar-refractivity contribution is 9.93. The molecule has 0 aromatic heterocycles. The van der Waals surface area contributed by atoms with Gasteiger partial charge in [-0.1, -0.05) is 87.6 Å². The van der Waals surface area contributed by atoms with Crippen LogP contribution in [-0.2, 0) is 0 Å². The van der Waals surface area contributed by atoms with Crippen LogP contribution in [0.15, 0.2) is 121 Å². The van der Waals surface area contributed by atoms with Gasteiger partial charge in [0.15, 0.2) is 0 Å². The number of halogens is 2. The Bertz CT molecular complexity index is 2720. The molecule has 0 saturated carbocycles. The van der Waals surface area contributed by atoms with Gasteiger partial charge in [0.1, 0.15) is 26.2 Å². The topological polar surface area (TPSA) is 131 Å². The van der Waals surface area contributed by atoms with Gasteiger partial charge in [0.25, 0.3) is 11.8 Å². The van der Waals surface area contributed by atoms with Crippen LogP contribution in [0.3, 0.4) is 0 Å². The lowest BCUT2D eigenvalue weighted by Crippen LogP contribution is -2.80. The number of piperazine rings is 4. The fraction of sp³-hybridized carbons (Fsp3) is 0.600. The minimum Gasteiger partial charge on any atom is -0.336 e. The minimum atomic E-state index is 0. The van der Waals surface area contributed by atoms with Crippen LogP contribution in [0, 0.1) is 0 Å². The molecule has 0 aliphatic carbocycles. The van der Waals surface area contributed by atoms with Gasteiger partial charge in [0.2, 0.25) is 12.3 Å². The Morgan fingerprint density at radius 2 is 0.543 bits per heavy atom. The van der Waals surface area contributed by atoms with Gasteiger partial charge in [0.05, 0.1) is 49.6 Å². The molecule has 2 N–H and O–H groups in total. The lowest BCUT2D eigenvalue weighted by molar-refractivity contribution is -0.956. The van der Waals surface area contributed by atoms with Crippen LogP contribution in [0.25, 0.3) is 0 Å². The highest BCUT2D eigenvalue weighted by atomic mass is 80.9. The molecule has 92 heavy (non-hydrogen) atoms. The first-order chi connectivity index (χ1) is 44.2. The third-order valence-corrected chi connectivity index (χ3v) is 21.7. The number of nitrogens with one attached hydrogen (secondary N) is 2. The smallest absolute Gasteiger partial charge is 0.336 e. The quantitative estimate of drug-likeness (QED) is 0.284. The summed E-state index contributed by atoms with van der Waals surface area (Å²) in [5.41, 5.74) is 3.09. The summed E-state index contributed by atoms with van der Waals surface area (Å²) in [4.78, 5) is 83.3. The summed E-state index contributed by atoms with van der Waals surface area (Å²) in [7, 11) is 0. The molecule has 2 atom stereocenters. The van der Waals surface area contributed by atoms with E-state index in [9.17, 15) is 19.2 Å². The monoisotopic (exact) mass is 1390 g/mol. The zero-order valence-electron chi connectivity index (χ0n) is 53.0. The van der Waals surface area contributed by atoms with Crippen molar-refractivity contribution < 1.29 is 28.1 Å². The fourth-order valence-corrected chi connectivity index (χ4v) is 16.6. The maximum Gasteiger partial charge on any atom is 0.347 e. The summed E-state index contributed by atoms with van der Waals surface area (Å²) < 4.78 is 0.959. The third-order valence-electron chi connectivity index (χ3n) is 21.7. The SMILES string of the molecule is BrBr.C.C.C1CN2CCN3CCN4CCN1C2C43.C1CN2CCNCCN(CCN1)CC2.O=C(c1ccccc1)N1CCN2CCN(CC1)CCN(C(=O)c1ccccc1)CC2.O=C(c1ccccc1)[N+]12CCN3CC[N+]4(C(=O)c5ccccc5)CCN(CC1)C4C32. The molecule has 2 unspecified atom stereocenters. The second kappa shape index (κ2) is 33.5. The molecule has 502 valence electrons. The summed E-state index contributed by atoms with van der Waals surface area (Å²) in [5.74, 6) is 0.661. The Morgan fingerprint density at radius 3 is 0.815 bits per heavy atom. The molecule has 12 heterocycles. The average molecular weight is 1400 g/mol. The van der Waals surface area contributed by atoms with Crippen molar-refractivity contribution in [3.05, 3.63) is 144 Å². The fourth-order valence-electron chi connectivity index (χ4n) is 16.6. The molecule has 4 bridgehead atoms. The lowest BCUT2D eigenvalue weighted by Gasteiger charge is -2.54. The van der Waals surface area contributed by atoms with Crippen molar-refractivity contribution in [1.82, 2.24) is 69.4 Å². The standard InChI is InChI=1S/C24H28N4O2.C24H30N4O2.C10H18N4.C10H22N4.2CH4.Br2/c29-23(19-7-3-1-4-8-19)27-15-11-25-14-18-28(24(30)20-9-5-2-6-10-20)16-12-26(13-17-27)22(28)21(25)27;29-23(21-7-3-1-4-8-21)27-17-13-25-11-12-26(14-18-27)16-20-28(19-15-25)24(30)22-9-5-2-6-10-22;1-2-12-7-8-14-4-3-13-6-5-11(1)9(12)10(13)14;1-5-13-7-3-12-4-8-14(10-9-13)6-2-11-1;;;1-2/h1-10,21-22H,11-18H2;1-10H,11-20H2;9-10H,1-8H2;11-12H,1-10H2;2*1H4;/q+2;;;;;;. The van der Waals surface area contributed by atoms with E-state index in [1.807, 2.05) is 131 Å². The number of benzene rings is 4. The Kier molecular flexibility index (Phi) is 25.6. The van der Waals surface area contributed by atoms with Gasteiger partial charge in [-0.15, -0.1) is 0 Å². The second-order valence-electron chi connectivity index (χ2n) is 26.4. The van der Waals surface area contributed by atoms with Gasteiger partial charge in [-0.05, 0) is 48.5 Å². The van der Waals surface area contributed by atoms with Gasteiger partial charge in [-0.25, -0.2) is 28.4 Å². The van der Waals surface area contributed by atoms with Crippen molar-refractivity contribution in [3.8, 4) is 0 Å². The highest BCUT2D eigenvalue weighted by Gasteiger charge is 2.71. The van der Waals surface area contributed by atoms with Gasteiger partial charge < -0.3 is 20.4 Å². The largest absolute Gasteiger partial charge is 0.347 e. The molecule has 20 nitrogen and oxygen atoms in total. The Balaban J connectivity index is 0.000000139. The van der Waals surface area contributed by atoms with Crippen LogP contribution in [0.4, 0.5) is 0 Å². The number of hydrogen-bond acceptors (Lipinski definition) is 16. The van der Waals surface area contributed by atoms with E-state index in [-0.39, 0.29) is 50.8 Å². The molecule has 4 aromatic rings. The van der Waals surface area contributed by atoms with E-state index in [1.54, 1.807) is 0 Å². The van der Waals surface area contributed by atoms with Crippen molar-refractivity contribution in [2.24, 2.45) is 0 Å². The van der Waals surface area contributed by atoms with E-state index in [4.69, 9.17) is 0 Å². The van der Waals surface area contributed by atoms with Gasteiger partial charge in [-0.2, -0.15) is 0 Å². The van der Waals surface area contributed by atoms with E-state index >= 15 is 0 Å². The highest BCUT2D eigenvalue weighted by Crippen LogP contribution is 2.45. The van der Waals surface area contributed by atoms with Crippen molar-refractivity contribution in [1.29, 1.82) is 0 Å². The van der Waals surface area contributed by atoms with Crippen LogP contribution in [0.1, 0.15) is 56.3 Å². The number of hydrogen-bond donors (Lipinski definition) is 2. The van der Waals surface area contributed by atoms with Crippen molar-refractivity contribution in [3.63, 3.8) is 0 Å². The average Bonchev–Trinajstić information content (AvgIpc) is 1.51. The number of rotatable bonds is 4. The molecule has 4 amide bonds. The first-order valence-corrected chi connectivity index (χ1v) is 37.5. The van der Waals surface area contributed by atoms with Crippen molar-refractivity contribution in [2.45, 2.75) is 39.5 Å². The van der Waals surface area contributed by atoms with Crippen LogP contribution in [0.5, 0.6) is 0 Å². The normalized spacial score (nSPS) is 31.2. The minimum absolute atomic E-state index is 0. The molecule has 0 radical (unpaired) electrons. The number of carbonyl (C=O) groups is 4. The summed E-state index contributed by atoms with van der Waals surface area (Å²) >= 11 is 5.50. The van der Waals surface area contributed by atoms with Crippen LogP contribution >= 0.6 is 28.3 Å². The molecular weight excluding hydrogens is 1290 g/mol. The molecule has 12 saturated heterocycles. The first-order valence-electron chi connectivity index (χ1n) is 33.8. The number of quaternary nitrogens is 2. The molecule has 12 aliphatic heterocycles. The Hall–Kier alpha value is -4.44. The van der Waals surface area contributed by atoms with Crippen LogP contribution in [-0.4, -0.2) is 352 Å². The molecule has 22 heteroatoms. The molecule has 16 rings (SSSR count). The van der Waals surface area contributed by atoms with Gasteiger partial charge in [-0.3, -0.25) is 48.8 Å². The molecule has 0 spiro atoms. The summed E-state index contributed by atoms with van der Waals surface area (Å²) in [6.07, 6.45) is 1.60. The van der Waals surface area contributed by atoms with Gasteiger partial charge in [0, 0.05) is 223 Å². The molecule has 4 aromatic carbocycles. The third kappa shape index (κ3) is 15.7. The number of nitrogens with zero attached hydrogens (tertiary/aromatic N) is 14. The number of fused-ring (bicyclic) bond motifs is 6. The lowest BCUT2D eigenvalue weighted by atomic mass is 10.0. The zero-order valence-corrected chi connectivity index (χ0v) is 56.1. The maximum atomic E-state index is 13.8. The molecule has 12 fully saturated rings. The number of carbonyl (C=O) groups excluding carboxylic acids is 4. The Morgan fingerprint density at radius 1 is 0.304 bits per heavy atom. The number of amides is 4. The van der Waals surface area contributed by atoms with Crippen LogP contribution < -0.4 is 10.6 Å². The van der Waals surface area contributed by atoms with Gasteiger partial charge >= 0.3 is 11.8 Å². The van der Waals surface area contributed by atoms with E-state index in [0.717, 1.165) is 152 Å². The van der Waals surface area contributed by atoms with E-state index in [1.165, 1.54) is 91.6 Å². The summed E-state index contributed by atoms with van der Waals surface area (Å²) in [6, 6.07) is 38.6. The maximum absolute atomic E-state index is 13.8. The Labute approximate surface area is 564 Å². The predicted octanol–water partition coefficient (Wildman–Crippen LogP) is 4.18. The predicted molar refractivity (Wildman–Crippen MR) is 374 cm³/mol. The van der Waals surface area contributed by atoms with Crippen molar-refractivity contribution >= 4 is 51.9 Å². The van der Waals surface area contributed by atoms with Crippen molar-refractivity contribution in [2.75, 3.05) is 236 Å². The van der Waals surface area contributed by atoms with E-state index < -0.39 is 0 Å². The molecular formula is C70H106Br2N16O4+2.